The summed E-state index contributed by atoms with van der Waals surface area (Å²) in [7, 11) is 0. The van der Waals surface area contributed by atoms with Gasteiger partial charge in [-0.3, -0.25) is 0 Å². The Balaban J connectivity index is 1.62. The Labute approximate surface area is 90.1 Å². The molecule has 77 valence electrons. The van der Waals surface area contributed by atoms with E-state index in [1.54, 1.807) is 11.3 Å². The first-order chi connectivity index (χ1) is 6.95. The predicted molar refractivity (Wildman–Crippen MR) is 59.7 cm³/mol. The summed E-state index contributed by atoms with van der Waals surface area (Å²) < 4.78 is 5.85. The lowest BCUT2D eigenvalue weighted by atomic mass is 9.98. The van der Waals surface area contributed by atoms with Crippen LogP contribution in [-0.2, 0) is 11.2 Å². The van der Waals surface area contributed by atoms with Crippen molar-refractivity contribution in [1.82, 2.24) is 0 Å². The van der Waals surface area contributed by atoms with Crippen molar-refractivity contribution in [3.8, 4) is 0 Å². The second-order valence-corrected chi connectivity index (χ2v) is 4.86. The zero-order valence-electron chi connectivity index (χ0n) is 8.50. The molecule has 0 aromatic carbocycles. The van der Waals surface area contributed by atoms with Crippen LogP contribution in [0, 0.1) is 5.38 Å². The highest BCUT2D eigenvalue weighted by Gasteiger charge is 2.13. The van der Waals surface area contributed by atoms with E-state index < -0.39 is 0 Å². The summed E-state index contributed by atoms with van der Waals surface area (Å²) in [4.78, 5) is 1.39. The maximum absolute atomic E-state index is 5.85. The molecule has 2 rings (SSSR count). The molecular weight excluding hydrogens is 192 g/mol. The van der Waals surface area contributed by atoms with Gasteiger partial charge in [0.25, 0.3) is 0 Å². The number of hydrogen-bond acceptors (Lipinski definition) is 2. The number of rotatable bonds is 4. The molecule has 1 saturated carbocycles. The Hall–Kier alpha value is -0.340. The summed E-state index contributed by atoms with van der Waals surface area (Å²) in [5.74, 6) is 0. The first kappa shape index (κ1) is 10.2. The minimum absolute atomic E-state index is 0.549. The van der Waals surface area contributed by atoms with Crippen molar-refractivity contribution >= 4 is 11.3 Å². The van der Waals surface area contributed by atoms with Crippen LogP contribution in [0.5, 0.6) is 0 Å². The Kier molecular flexibility index (Phi) is 4.02. The molecule has 0 N–H and O–H groups in total. The molecule has 0 saturated heterocycles. The van der Waals surface area contributed by atoms with Crippen molar-refractivity contribution in [3.05, 3.63) is 22.4 Å². The molecule has 2 heteroatoms. The highest BCUT2D eigenvalue weighted by Crippen LogP contribution is 2.20. The van der Waals surface area contributed by atoms with Crippen LogP contribution in [0.3, 0.4) is 0 Å². The highest BCUT2D eigenvalue weighted by molar-refractivity contribution is 7.09. The van der Waals surface area contributed by atoms with Gasteiger partial charge in [0.15, 0.2) is 0 Å². The van der Waals surface area contributed by atoms with E-state index in [0.29, 0.717) is 6.10 Å². The third-order valence-electron chi connectivity index (χ3n) is 2.78. The van der Waals surface area contributed by atoms with Gasteiger partial charge in [0.2, 0.25) is 0 Å². The molecule has 1 heterocycles. The van der Waals surface area contributed by atoms with E-state index in [0.717, 1.165) is 13.0 Å². The monoisotopic (exact) mass is 209 g/mol. The topological polar surface area (TPSA) is 9.23 Å². The SMILES string of the molecule is [c]1ccc(CCOC2CCCCC2)s1. The van der Waals surface area contributed by atoms with E-state index in [1.165, 1.54) is 37.0 Å². The van der Waals surface area contributed by atoms with Crippen LogP contribution in [-0.4, -0.2) is 12.7 Å². The summed E-state index contributed by atoms with van der Waals surface area (Å²) in [6.45, 7) is 0.888. The maximum atomic E-state index is 5.85. The van der Waals surface area contributed by atoms with Crippen LogP contribution in [0.15, 0.2) is 12.1 Å². The van der Waals surface area contributed by atoms with Gasteiger partial charge in [-0.1, -0.05) is 19.3 Å². The van der Waals surface area contributed by atoms with Gasteiger partial charge in [0.1, 0.15) is 0 Å². The van der Waals surface area contributed by atoms with Crippen LogP contribution in [0.2, 0.25) is 0 Å². The fourth-order valence-corrected chi connectivity index (χ4v) is 2.57. The van der Waals surface area contributed by atoms with Gasteiger partial charge in [-0.05, 0) is 25.0 Å². The van der Waals surface area contributed by atoms with Gasteiger partial charge in [0.05, 0.1) is 12.7 Å². The van der Waals surface area contributed by atoms with Crippen LogP contribution in [0.4, 0.5) is 0 Å². The van der Waals surface area contributed by atoms with Gasteiger partial charge in [-0.2, -0.15) is 0 Å². The molecular formula is C12H17OS. The quantitative estimate of drug-likeness (QED) is 0.738. The molecule has 0 amide bonds. The van der Waals surface area contributed by atoms with E-state index in [1.807, 2.05) is 6.07 Å². The van der Waals surface area contributed by atoms with E-state index in [2.05, 4.69) is 11.4 Å². The number of ether oxygens (including phenoxy) is 1. The molecule has 0 spiro atoms. The van der Waals surface area contributed by atoms with E-state index in [-0.39, 0.29) is 0 Å². The molecule has 1 radical (unpaired) electrons. The average Bonchev–Trinajstić information content (AvgIpc) is 2.72. The van der Waals surface area contributed by atoms with Crippen LogP contribution < -0.4 is 0 Å². The molecule has 0 unspecified atom stereocenters. The Morgan fingerprint density at radius 3 is 2.93 bits per heavy atom. The number of thiophene rings is 1. The number of hydrogen-bond donors (Lipinski definition) is 0. The lowest BCUT2D eigenvalue weighted by molar-refractivity contribution is 0.0306. The largest absolute Gasteiger partial charge is 0.378 e. The molecule has 1 fully saturated rings. The van der Waals surface area contributed by atoms with Crippen LogP contribution in [0.1, 0.15) is 37.0 Å². The predicted octanol–water partition coefficient (Wildman–Crippen LogP) is 3.44. The summed E-state index contributed by atoms with van der Waals surface area (Å²) in [6, 6.07) is 4.12. The van der Waals surface area contributed by atoms with Gasteiger partial charge < -0.3 is 4.74 Å². The lowest BCUT2D eigenvalue weighted by Gasteiger charge is -2.21. The van der Waals surface area contributed by atoms with Gasteiger partial charge in [-0.15, -0.1) is 11.3 Å². The maximum Gasteiger partial charge on any atom is 0.0575 e. The van der Waals surface area contributed by atoms with Crippen molar-refractivity contribution in [1.29, 1.82) is 0 Å². The fraction of sp³-hybridized carbons (Fsp3) is 0.667. The van der Waals surface area contributed by atoms with Crippen molar-refractivity contribution in [2.45, 2.75) is 44.6 Å². The first-order valence-electron chi connectivity index (χ1n) is 5.51. The zero-order chi connectivity index (χ0) is 9.64. The Morgan fingerprint density at radius 2 is 2.21 bits per heavy atom. The molecule has 0 bridgehead atoms. The molecule has 1 aliphatic carbocycles. The molecule has 0 atom stereocenters. The highest BCUT2D eigenvalue weighted by atomic mass is 32.1. The standard InChI is InChI=1S/C12H17OS/c1-2-5-11(6-3-1)13-9-8-12-7-4-10-14-12/h4,7,11H,1-3,5-6,8-9H2. The van der Waals surface area contributed by atoms with E-state index in [4.69, 9.17) is 4.74 Å². The Morgan fingerprint density at radius 1 is 1.36 bits per heavy atom. The van der Waals surface area contributed by atoms with E-state index >= 15 is 0 Å². The van der Waals surface area contributed by atoms with Crippen molar-refractivity contribution in [3.63, 3.8) is 0 Å². The van der Waals surface area contributed by atoms with Gasteiger partial charge in [-0.25, -0.2) is 0 Å². The molecule has 1 aromatic rings. The first-order valence-corrected chi connectivity index (χ1v) is 6.33. The molecule has 1 aromatic heterocycles. The summed E-state index contributed by atoms with van der Waals surface area (Å²) >= 11 is 1.70. The fourth-order valence-electron chi connectivity index (χ4n) is 1.96. The van der Waals surface area contributed by atoms with Gasteiger partial charge >= 0.3 is 0 Å². The smallest absolute Gasteiger partial charge is 0.0575 e. The molecule has 1 aliphatic rings. The minimum Gasteiger partial charge on any atom is -0.378 e. The summed E-state index contributed by atoms with van der Waals surface area (Å²) in [6.07, 6.45) is 8.28. The molecule has 14 heavy (non-hydrogen) atoms. The average molecular weight is 209 g/mol. The van der Waals surface area contributed by atoms with Crippen molar-refractivity contribution in [2.75, 3.05) is 6.61 Å². The Bertz CT molecular complexity index is 237. The second kappa shape index (κ2) is 5.52. The summed E-state index contributed by atoms with van der Waals surface area (Å²) in [5.41, 5.74) is 0. The summed E-state index contributed by atoms with van der Waals surface area (Å²) in [5, 5.41) is 3.10. The van der Waals surface area contributed by atoms with Crippen molar-refractivity contribution < 1.29 is 4.74 Å². The minimum atomic E-state index is 0.549. The second-order valence-electron chi connectivity index (χ2n) is 3.90. The normalized spacial score (nSPS) is 18.6. The van der Waals surface area contributed by atoms with Gasteiger partial charge in [0, 0.05) is 16.7 Å². The van der Waals surface area contributed by atoms with Crippen LogP contribution in [0.25, 0.3) is 0 Å². The third kappa shape index (κ3) is 3.10. The molecule has 0 aliphatic heterocycles. The zero-order valence-corrected chi connectivity index (χ0v) is 9.31. The third-order valence-corrected chi connectivity index (χ3v) is 3.64. The van der Waals surface area contributed by atoms with Crippen molar-refractivity contribution in [2.24, 2.45) is 0 Å². The lowest BCUT2D eigenvalue weighted by Crippen LogP contribution is -2.17. The van der Waals surface area contributed by atoms with Crippen LogP contribution >= 0.6 is 11.3 Å². The molecule has 1 nitrogen and oxygen atoms in total. The van der Waals surface area contributed by atoms with E-state index in [9.17, 15) is 0 Å².